The normalized spacial score (nSPS) is 19.7. The molecule has 0 saturated carbocycles. The Morgan fingerprint density at radius 1 is 1.08 bits per heavy atom. The van der Waals surface area contributed by atoms with Gasteiger partial charge < -0.3 is 9.47 Å². The summed E-state index contributed by atoms with van der Waals surface area (Å²) in [6, 6.07) is 0. The molecule has 0 fully saturated rings. The molecule has 0 aromatic carbocycles. The van der Waals surface area contributed by atoms with E-state index < -0.39 is 6.16 Å². The van der Waals surface area contributed by atoms with Crippen LogP contribution in [0.2, 0.25) is 0 Å². The first kappa shape index (κ1) is 7.40. The van der Waals surface area contributed by atoms with Gasteiger partial charge >= 0.3 is 6.16 Å². The van der Waals surface area contributed by atoms with E-state index in [1.165, 1.54) is 0 Å². The minimum atomic E-state index is -0.591. The summed E-state index contributed by atoms with van der Waals surface area (Å²) in [4.78, 5) is 10.9. The molecular formula is C9H10O3. The fraction of sp³-hybridized carbons (Fsp3) is 0.444. The van der Waals surface area contributed by atoms with Crippen LogP contribution in [0.5, 0.6) is 0 Å². The van der Waals surface area contributed by atoms with Gasteiger partial charge in [-0.2, -0.15) is 0 Å². The van der Waals surface area contributed by atoms with Crippen molar-refractivity contribution in [3.8, 4) is 0 Å². The molecule has 0 N–H and O–H groups in total. The lowest BCUT2D eigenvalue weighted by Gasteiger charge is -2.17. The Kier molecular flexibility index (Phi) is 1.86. The molecular weight excluding hydrogens is 156 g/mol. The molecule has 2 rings (SSSR count). The van der Waals surface area contributed by atoms with Crippen LogP contribution in [0.3, 0.4) is 0 Å². The van der Waals surface area contributed by atoms with Crippen LogP contribution in [0.4, 0.5) is 4.79 Å². The molecule has 0 unspecified atom stereocenters. The van der Waals surface area contributed by atoms with E-state index in [0.29, 0.717) is 0 Å². The average molecular weight is 166 g/mol. The number of ether oxygens (including phenoxy) is 2. The monoisotopic (exact) mass is 166 g/mol. The minimum Gasteiger partial charge on any atom is -0.400 e. The first-order chi connectivity index (χ1) is 5.84. The van der Waals surface area contributed by atoms with Crippen molar-refractivity contribution in [1.82, 2.24) is 0 Å². The topological polar surface area (TPSA) is 35.5 Å². The molecule has 0 saturated heterocycles. The second kappa shape index (κ2) is 3.01. The van der Waals surface area contributed by atoms with Crippen molar-refractivity contribution in [2.45, 2.75) is 25.7 Å². The molecule has 0 heterocycles. The SMILES string of the molecule is O=C(OC1=CCC1)OC1=CCC1. The molecule has 0 radical (unpaired) electrons. The van der Waals surface area contributed by atoms with Gasteiger partial charge in [0.1, 0.15) is 11.5 Å². The lowest BCUT2D eigenvalue weighted by molar-refractivity contribution is 0.0913. The molecule has 0 spiro atoms. The summed E-state index contributed by atoms with van der Waals surface area (Å²) in [5.74, 6) is 1.47. The fourth-order valence-corrected chi connectivity index (χ4v) is 0.945. The second-order valence-corrected chi connectivity index (χ2v) is 2.87. The molecule has 2 aliphatic rings. The van der Waals surface area contributed by atoms with E-state index in [9.17, 15) is 4.79 Å². The second-order valence-electron chi connectivity index (χ2n) is 2.87. The van der Waals surface area contributed by atoms with Gasteiger partial charge in [0.25, 0.3) is 0 Å². The maximum absolute atomic E-state index is 10.9. The van der Waals surface area contributed by atoms with Crippen LogP contribution >= 0.6 is 0 Å². The Balaban J connectivity index is 1.76. The van der Waals surface area contributed by atoms with Gasteiger partial charge in [-0.25, -0.2) is 4.79 Å². The Morgan fingerprint density at radius 3 is 1.75 bits per heavy atom. The van der Waals surface area contributed by atoms with Gasteiger partial charge in [-0.3, -0.25) is 0 Å². The number of allylic oxidation sites excluding steroid dienone is 4. The van der Waals surface area contributed by atoms with Crippen LogP contribution in [0, 0.1) is 0 Å². The van der Waals surface area contributed by atoms with Gasteiger partial charge in [-0.1, -0.05) is 0 Å². The highest BCUT2D eigenvalue weighted by Crippen LogP contribution is 2.23. The summed E-state index contributed by atoms with van der Waals surface area (Å²) in [5.41, 5.74) is 0. The van der Waals surface area contributed by atoms with Crippen molar-refractivity contribution in [2.75, 3.05) is 0 Å². The highest BCUT2D eigenvalue weighted by Gasteiger charge is 2.16. The van der Waals surface area contributed by atoms with Gasteiger partial charge in [-0.15, -0.1) is 0 Å². The van der Waals surface area contributed by atoms with E-state index in [1.807, 2.05) is 12.2 Å². The largest absolute Gasteiger partial charge is 0.518 e. The zero-order valence-corrected chi connectivity index (χ0v) is 6.71. The highest BCUT2D eigenvalue weighted by atomic mass is 16.7. The van der Waals surface area contributed by atoms with E-state index in [2.05, 4.69) is 0 Å². The molecule has 64 valence electrons. The van der Waals surface area contributed by atoms with E-state index in [0.717, 1.165) is 37.2 Å². The average Bonchev–Trinajstić information content (AvgIpc) is 1.89. The zero-order chi connectivity index (χ0) is 8.39. The molecule has 3 nitrogen and oxygen atoms in total. The van der Waals surface area contributed by atoms with Crippen LogP contribution in [0.1, 0.15) is 25.7 Å². The summed E-state index contributed by atoms with van der Waals surface area (Å²) >= 11 is 0. The van der Waals surface area contributed by atoms with Crippen LogP contribution in [0.25, 0.3) is 0 Å². The summed E-state index contributed by atoms with van der Waals surface area (Å²) in [6.07, 6.45) is 6.90. The molecule has 0 aromatic rings. The number of hydrogen-bond acceptors (Lipinski definition) is 3. The van der Waals surface area contributed by atoms with Crippen molar-refractivity contribution in [3.05, 3.63) is 23.7 Å². The zero-order valence-electron chi connectivity index (χ0n) is 6.71. The molecule has 0 aromatic heterocycles. The first-order valence-corrected chi connectivity index (χ1v) is 4.12. The smallest absolute Gasteiger partial charge is 0.400 e. The molecule has 12 heavy (non-hydrogen) atoms. The van der Waals surface area contributed by atoms with Gasteiger partial charge in [0, 0.05) is 12.8 Å². The first-order valence-electron chi connectivity index (χ1n) is 4.12. The lowest BCUT2D eigenvalue weighted by Crippen LogP contribution is -2.12. The van der Waals surface area contributed by atoms with Crippen LogP contribution in [-0.2, 0) is 9.47 Å². The number of hydrogen-bond donors (Lipinski definition) is 0. The van der Waals surface area contributed by atoms with Crippen molar-refractivity contribution in [1.29, 1.82) is 0 Å². The third kappa shape index (κ3) is 1.49. The Morgan fingerprint density at radius 2 is 1.50 bits per heavy atom. The van der Waals surface area contributed by atoms with Crippen LogP contribution in [0.15, 0.2) is 23.7 Å². The molecule has 0 aliphatic heterocycles. The van der Waals surface area contributed by atoms with Crippen LogP contribution < -0.4 is 0 Å². The summed E-state index contributed by atoms with van der Waals surface area (Å²) < 4.78 is 9.70. The predicted molar refractivity (Wildman–Crippen MR) is 42.2 cm³/mol. The van der Waals surface area contributed by atoms with Crippen molar-refractivity contribution in [3.63, 3.8) is 0 Å². The minimum absolute atomic E-state index is 0.591. The highest BCUT2D eigenvalue weighted by molar-refractivity contribution is 5.63. The predicted octanol–water partition coefficient (Wildman–Crippen LogP) is 2.50. The van der Waals surface area contributed by atoms with Crippen molar-refractivity contribution < 1.29 is 14.3 Å². The molecule has 0 atom stereocenters. The maximum atomic E-state index is 10.9. The van der Waals surface area contributed by atoms with Gasteiger partial charge in [0.2, 0.25) is 0 Å². The Labute approximate surface area is 70.7 Å². The maximum Gasteiger partial charge on any atom is 0.518 e. The van der Waals surface area contributed by atoms with E-state index in [-0.39, 0.29) is 0 Å². The Hall–Kier alpha value is -1.25. The van der Waals surface area contributed by atoms with Crippen molar-refractivity contribution >= 4 is 6.16 Å². The third-order valence-electron chi connectivity index (χ3n) is 1.95. The number of carbonyl (C=O) groups excluding carboxylic acids is 1. The molecule has 0 amide bonds. The summed E-state index contributed by atoms with van der Waals surface area (Å²) in [7, 11) is 0. The van der Waals surface area contributed by atoms with E-state index >= 15 is 0 Å². The molecule has 0 bridgehead atoms. The quantitative estimate of drug-likeness (QED) is 0.591. The van der Waals surface area contributed by atoms with E-state index in [4.69, 9.17) is 9.47 Å². The summed E-state index contributed by atoms with van der Waals surface area (Å²) in [6.45, 7) is 0. The third-order valence-corrected chi connectivity index (χ3v) is 1.95. The standard InChI is InChI=1S/C9H10O3/c10-9(11-7-3-1-4-7)12-8-5-2-6-8/h3,5H,1-2,4,6H2. The molecule has 2 aliphatic carbocycles. The molecule has 3 heteroatoms. The van der Waals surface area contributed by atoms with Gasteiger partial charge in [0.15, 0.2) is 0 Å². The fourth-order valence-electron chi connectivity index (χ4n) is 0.945. The van der Waals surface area contributed by atoms with Crippen molar-refractivity contribution in [2.24, 2.45) is 0 Å². The number of rotatable bonds is 2. The summed E-state index contributed by atoms with van der Waals surface area (Å²) in [5, 5.41) is 0. The lowest BCUT2D eigenvalue weighted by atomic mass is 10.1. The van der Waals surface area contributed by atoms with Crippen LogP contribution in [-0.4, -0.2) is 6.16 Å². The number of carbonyl (C=O) groups is 1. The van der Waals surface area contributed by atoms with E-state index in [1.54, 1.807) is 0 Å². The Bertz CT molecular complexity index is 237. The van der Waals surface area contributed by atoms with Gasteiger partial charge in [-0.05, 0) is 25.0 Å². The van der Waals surface area contributed by atoms with Gasteiger partial charge in [0.05, 0.1) is 0 Å².